The Hall–Kier alpha value is -3.48. The van der Waals surface area contributed by atoms with E-state index in [1.807, 2.05) is 48.3 Å². The van der Waals surface area contributed by atoms with Crippen molar-refractivity contribution >= 4 is 17.0 Å². The van der Waals surface area contributed by atoms with Crippen LogP contribution in [0.5, 0.6) is 0 Å². The van der Waals surface area contributed by atoms with Gasteiger partial charge in [0.05, 0.1) is 17.9 Å². The van der Waals surface area contributed by atoms with Gasteiger partial charge in [-0.05, 0) is 23.3 Å². The summed E-state index contributed by atoms with van der Waals surface area (Å²) >= 11 is 0. The summed E-state index contributed by atoms with van der Waals surface area (Å²) in [6, 6.07) is 16.1. The second-order valence-electron chi connectivity index (χ2n) is 5.87. The summed E-state index contributed by atoms with van der Waals surface area (Å²) in [6.07, 6.45) is 3.47. The molecule has 2 N–H and O–H groups in total. The molecule has 4 aromatic rings. The molecule has 4 rings (SSSR count). The largest absolute Gasteiger partial charge is 0.338 e. The fraction of sp³-hybridized carbons (Fsp3) is 0.111. The second kappa shape index (κ2) is 6.20. The van der Waals surface area contributed by atoms with Gasteiger partial charge in [0.2, 0.25) is 5.95 Å². The first-order valence-electron chi connectivity index (χ1n) is 7.89. The van der Waals surface area contributed by atoms with Crippen molar-refractivity contribution in [3.05, 3.63) is 66.5 Å². The number of benzene rings is 2. The summed E-state index contributed by atoms with van der Waals surface area (Å²) in [5, 5.41) is 12.6. The van der Waals surface area contributed by atoms with Gasteiger partial charge in [0, 0.05) is 19.2 Å². The van der Waals surface area contributed by atoms with E-state index in [1.54, 1.807) is 12.4 Å². The van der Waals surface area contributed by atoms with Crippen LogP contribution in [0.4, 0.5) is 5.95 Å². The normalized spacial score (nSPS) is 10.9. The zero-order chi connectivity index (χ0) is 17.2. The number of nitrogen functional groups attached to an aromatic ring is 1. The van der Waals surface area contributed by atoms with E-state index in [1.165, 1.54) is 10.4 Å². The van der Waals surface area contributed by atoms with Gasteiger partial charge in [0.25, 0.3) is 0 Å². The van der Waals surface area contributed by atoms with Crippen LogP contribution in [0.1, 0.15) is 5.56 Å². The van der Waals surface area contributed by atoms with Crippen LogP contribution in [-0.4, -0.2) is 32.1 Å². The van der Waals surface area contributed by atoms with Crippen LogP contribution >= 0.6 is 0 Å². The van der Waals surface area contributed by atoms with Crippen molar-refractivity contribution in [3.8, 4) is 11.1 Å². The van der Waals surface area contributed by atoms with Crippen LogP contribution in [0, 0.1) is 0 Å². The lowest BCUT2D eigenvalue weighted by Crippen LogP contribution is -2.19. The molecule has 0 fully saturated rings. The van der Waals surface area contributed by atoms with E-state index in [9.17, 15) is 0 Å². The molecule has 7 heteroatoms. The summed E-state index contributed by atoms with van der Waals surface area (Å²) in [6.45, 7) is 0.724. The molecule has 0 spiro atoms. The fourth-order valence-electron chi connectivity index (χ4n) is 2.68. The molecule has 0 radical (unpaired) electrons. The number of hydrogen-bond acceptors (Lipinski definition) is 6. The van der Waals surface area contributed by atoms with Gasteiger partial charge in [-0.25, -0.2) is 4.98 Å². The van der Waals surface area contributed by atoms with Crippen molar-refractivity contribution < 1.29 is 0 Å². The summed E-state index contributed by atoms with van der Waals surface area (Å²) in [5.41, 5.74) is 4.64. The molecule has 0 bridgehead atoms. The molecule has 7 nitrogen and oxygen atoms in total. The highest BCUT2D eigenvalue weighted by Crippen LogP contribution is 2.22. The van der Waals surface area contributed by atoms with Gasteiger partial charge < -0.3 is 10.7 Å². The third kappa shape index (κ3) is 3.12. The molecule has 0 saturated carbocycles. The molecule has 0 amide bonds. The maximum absolute atomic E-state index is 5.60. The zero-order valence-electron chi connectivity index (χ0n) is 13.7. The topological polar surface area (TPSA) is 85.8 Å². The van der Waals surface area contributed by atoms with E-state index in [-0.39, 0.29) is 0 Å². The molecule has 124 valence electrons. The van der Waals surface area contributed by atoms with Crippen LogP contribution < -0.4 is 10.7 Å². The van der Waals surface area contributed by atoms with E-state index in [4.69, 9.17) is 5.84 Å². The van der Waals surface area contributed by atoms with Crippen molar-refractivity contribution in [1.82, 2.24) is 25.1 Å². The monoisotopic (exact) mass is 331 g/mol. The highest BCUT2D eigenvalue weighted by Gasteiger charge is 2.09. The predicted octanol–water partition coefficient (Wildman–Crippen LogP) is 2.24. The predicted molar refractivity (Wildman–Crippen MR) is 97.3 cm³/mol. The van der Waals surface area contributed by atoms with Gasteiger partial charge in [-0.3, -0.25) is 0 Å². The van der Waals surface area contributed by atoms with Crippen molar-refractivity contribution in [1.29, 1.82) is 0 Å². The highest BCUT2D eigenvalue weighted by atomic mass is 15.5. The third-order valence-electron chi connectivity index (χ3n) is 3.98. The lowest BCUT2D eigenvalue weighted by Gasteiger charge is -2.16. The second-order valence-corrected chi connectivity index (χ2v) is 5.87. The van der Waals surface area contributed by atoms with E-state index in [0.717, 1.165) is 28.7 Å². The number of nitrogens with zero attached hydrogens (tertiary/aromatic N) is 6. The lowest BCUT2D eigenvalue weighted by atomic mass is 10.1. The minimum absolute atomic E-state index is 0.596. The molecule has 0 aliphatic rings. The standard InChI is InChI=1S/C18H17N7/c1-24(11-13-5-3-2-4-6-13)18-21-16-8-7-14(9-17(16)22-23-18)15-10-20-25(19)12-15/h2-10,12H,11,19H2,1H3. The molecule has 25 heavy (non-hydrogen) atoms. The quantitative estimate of drug-likeness (QED) is 0.577. The summed E-state index contributed by atoms with van der Waals surface area (Å²) in [4.78, 5) is 7.88. The molecule has 0 unspecified atom stereocenters. The first kappa shape index (κ1) is 15.1. The van der Waals surface area contributed by atoms with Crippen molar-refractivity contribution in [3.63, 3.8) is 0 Å². The minimum Gasteiger partial charge on any atom is -0.338 e. The average Bonchev–Trinajstić information content (AvgIpc) is 3.08. The Balaban J connectivity index is 1.62. The van der Waals surface area contributed by atoms with Gasteiger partial charge in [0.1, 0.15) is 5.52 Å². The van der Waals surface area contributed by atoms with Gasteiger partial charge in [-0.15, -0.1) is 10.2 Å². The summed E-state index contributed by atoms with van der Waals surface area (Å²) < 4.78 is 0. The first-order valence-corrected chi connectivity index (χ1v) is 7.89. The maximum Gasteiger partial charge on any atom is 0.245 e. The molecular weight excluding hydrogens is 314 g/mol. The Bertz CT molecular complexity index is 1010. The number of aromatic nitrogens is 5. The Morgan fingerprint density at radius 1 is 1.00 bits per heavy atom. The summed E-state index contributed by atoms with van der Waals surface area (Å²) in [5.74, 6) is 6.20. The van der Waals surface area contributed by atoms with E-state index >= 15 is 0 Å². The number of anilines is 1. The van der Waals surface area contributed by atoms with E-state index < -0.39 is 0 Å². The Labute approximate surface area is 144 Å². The first-order chi connectivity index (χ1) is 12.2. The number of fused-ring (bicyclic) bond motifs is 1. The number of hydrogen-bond donors (Lipinski definition) is 1. The van der Waals surface area contributed by atoms with Crippen molar-refractivity contribution in [2.24, 2.45) is 0 Å². The van der Waals surface area contributed by atoms with E-state index in [0.29, 0.717) is 5.95 Å². The number of rotatable bonds is 4. The smallest absolute Gasteiger partial charge is 0.245 e. The Morgan fingerprint density at radius 2 is 1.84 bits per heavy atom. The average molecular weight is 331 g/mol. The number of nitrogens with two attached hydrogens (primary N) is 1. The highest BCUT2D eigenvalue weighted by molar-refractivity contribution is 5.81. The molecule has 2 aromatic carbocycles. The Morgan fingerprint density at radius 3 is 2.60 bits per heavy atom. The van der Waals surface area contributed by atoms with Crippen LogP contribution in [0.2, 0.25) is 0 Å². The van der Waals surface area contributed by atoms with Crippen LogP contribution in [0.3, 0.4) is 0 Å². The third-order valence-corrected chi connectivity index (χ3v) is 3.98. The van der Waals surface area contributed by atoms with Gasteiger partial charge in [-0.2, -0.15) is 9.89 Å². The van der Waals surface area contributed by atoms with Crippen molar-refractivity contribution in [2.75, 3.05) is 17.8 Å². The molecule has 0 atom stereocenters. The minimum atomic E-state index is 0.596. The maximum atomic E-state index is 5.60. The van der Waals surface area contributed by atoms with Gasteiger partial charge in [-0.1, -0.05) is 36.4 Å². The fourth-order valence-corrected chi connectivity index (χ4v) is 2.68. The van der Waals surface area contributed by atoms with Crippen LogP contribution in [0.15, 0.2) is 60.9 Å². The molecule has 2 heterocycles. The Kier molecular flexibility index (Phi) is 3.74. The SMILES string of the molecule is CN(Cc1ccccc1)c1nnc2cc(-c3cnn(N)c3)ccc2n1. The zero-order valence-corrected chi connectivity index (χ0v) is 13.7. The molecule has 0 saturated heterocycles. The molecule has 0 aliphatic heterocycles. The van der Waals surface area contributed by atoms with Crippen LogP contribution in [0.25, 0.3) is 22.2 Å². The summed E-state index contributed by atoms with van der Waals surface area (Å²) in [7, 11) is 1.96. The van der Waals surface area contributed by atoms with E-state index in [2.05, 4.69) is 32.4 Å². The lowest BCUT2D eigenvalue weighted by molar-refractivity contribution is 0.832. The molecule has 0 aliphatic carbocycles. The van der Waals surface area contributed by atoms with Gasteiger partial charge >= 0.3 is 0 Å². The van der Waals surface area contributed by atoms with Crippen molar-refractivity contribution in [2.45, 2.75) is 6.54 Å². The van der Waals surface area contributed by atoms with Crippen LogP contribution in [-0.2, 0) is 6.54 Å². The molecular formula is C18H17N7. The molecule has 2 aromatic heterocycles. The van der Waals surface area contributed by atoms with Gasteiger partial charge in [0.15, 0.2) is 0 Å².